The van der Waals surface area contributed by atoms with E-state index in [-0.39, 0.29) is 0 Å². The minimum atomic E-state index is 0.736. The van der Waals surface area contributed by atoms with Gasteiger partial charge in [-0.3, -0.25) is 0 Å². The van der Waals surface area contributed by atoms with Crippen LogP contribution in [0.25, 0.3) is 0 Å². The summed E-state index contributed by atoms with van der Waals surface area (Å²) in [5.41, 5.74) is 1.12. The molecule has 1 heterocycles. The predicted molar refractivity (Wildman–Crippen MR) is 41.4 cm³/mol. The van der Waals surface area contributed by atoms with Crippen molar-refractivity contribution in [2.45, 2.75) is 6.54 Å². The molecule has 1 rings (SSSR count). The lowest BCUT2D eigenvalue weighted by Gasteiger charge is -1.97. The molecule has 10 heavy (non-hydrogen) atoms. The number of nitrogens with zero attached hydrogens (tertiary/aromatic N) is 1. The first-order chi connectivity index (χ1) is 4.88. The summed E-state index contributed by atoms with van der Waals surface area (Å²) in [6, 6.07) is 0. The summed E-state index contributed by atoms with van der Waals surface area (Å²) < 4.78 is 9.03. The second-order valence-electron chi connectivity index (χ2n) is 1.88. The molecule has 1 aromatic rings. The molecule has 0 unspecified atom stereocenters. The molecule has 56 valence electrons. The lowest BCUT2D eigenvalue weighted by Crippen LogP contribution is -2.05. The lowest BCUT2D eigenvalue weighted by atomic mass is 10.3. The zero-order valence-electron chi connectivity index (χ0n) is 6.05. The monoisotopic (exact) mass is 158 g/mol. The van der Waals surface area contributed by atoms with Crippen molar-refractivity contribution in [1.82, 2.24) is 9.69 Å². The highest BCUT2D eigenvalue weighted by molar-refractivity contribution is 7.03. The minimum absolute atomic E-state index is 0.736. The second-order valence-corrected chi connectivity index (χ2v) is 2.51. The number of methoxy groups -OCH3 is 1. The number of hydrogen-bond donors (Lipinski definition) is 1. The molecule has 0 aliphatic rings. The van der Waals surface area contributed by atoms with Crippen molar-refractivity contribution in [1.29, 1.82) is 0 Å². The van der Waals surface area contributed by atoms with Crippen LogP contribution in [-0.4, -0.2) is 18.5 Å². The van der Waals surface area contributed by atoms with Crippen molar-refractivity contribution < 1.29 is 4.74 Å². The van der Waals surface area contributed by atoms with Gasteiger partial charge in [-0.25, -0.2) is 0 Å². The van der Waals surface area contributed by atoms with Crippen LogP contribution in [0, 0.1) is 0 Å². The molecule has 3 nitrogen and oxygen atoms in total. The van der Waals surface area contributed by atoms with Crippen molar-refractivity contribution in [3.63, 3.8) is 0 Å². The molecule has 0 radical (unpaired) electrons. The zero-order chi connectivity index (χ0) is 7.40. The maximum atomic E-state index is 5.00. The quantitative estimate of drug-likeness (QED) is 0.708. The molecule has 0 atom stereocenters. The Kier molecular flexibility index (Phi) is 2.65. The third-order valence-electron chi connectivity index (χ3n) is 1.17. The van der Waals surface area contributed by atoms with E-state index in [1.807, 2.05) is 12.4 Å². The molecule has 0 fully saturated rings. The van der Waals surface area contributed by atoms with Crippen LogP contribution in [0.15, 0.2) is 5.38 Å². The highest BCUT2D eigenvalue weighted by Crippen LogP contribution is 2.17. The maximum absolute atomic E-state index is 5.00. The van der Waals surface area contributed by atoms with E-state index in [4.69, 9.17) is 4.74 Å². The first-order valence-corrected chi connectivity index (χ1v) is 3.84. The Hall–Kier alpha value is -0.610. The molecule has 0 saturated heterocycles. The van der Waals surface area contributed by atoms with Crippen LogP contribution in [0.2, 0.25) is 0 Å². The van der Waals surface area contributed by atoms with Gasteiger partial charge >= 0.3 is 0 Å². The molecule has 0 aliphatic carbocycles. The van der Waals surface area contributed by atoms with E-state index in [0.717, 1.165) is 18.0 Å². The van der Waals surface area contributed by atoms with Crippen molar-refractivity contribution in [3.8, 4) is 5.88 Å². The van der Waals surface area contributed by atoms with Crippen LogP contribution < -0.4 is 10.1 Å². The molecule has 0 bridgehead atoms. The summed E-state index contributed by atoms with van der Waals surface area (Å²) in [7, 11) is 3.53. The average Bonchev–Trinajstić information content (AvgIpc) is 2.36. The fourth-order valence-corrected chi connectivity index (χ4v) is 1.37. The summed E-state index contributed by atoms with van der Waals surface area (Å²) in [6.45, 7) is 0.819. The molecular weight excluding hydrogens is 148 g/mol. The molecule has 0 spiro atoms. The Labute approximate surface area is 64.2 Å². The van der Waals surface area contributed by atoms with Gasteiger partial charge in [0, 0.05) is 17.5 Å². The molecular formula is C6H10N2OS. The summed E-state index contributed by atoms with van der Waals surface area (Å²) in [5.74, 6) is 0.736. The second kappa shape index (κ2) is 3.53. The molecule has 1 aromatic heterocycles. The maximum Gasteiger partial charge on any atom is 0.229 e. The van der Waals surface area contributed by atoms with Crippen LogP contribution in [0.3, 0.4) is 0 Å². The van der Waals surface area contributed by atoms with Gasteiger partial charge in [0.1, 0.15) is 0 Å². The summed E-state index contributed by atoms with van der Waals surface area (Å²) in [6.07, 6.45) is 0. The number of hydrogen-bond acceptors (Lipinski definition) is 4. The van der Waals surface area contributed by atoms with Gasteiger partial charge < -0.3 is 10.1 Å². The number of rotatable bonds is 3. The van der Waals surface area contributed by atoms with Crippen LogP contribution in [0.4, 0.5) is 0 Å². The highest BCUT2D eigenvalue weighted by Gasteiger charge is 2.02. The lowest BCUT2D eigenvalue weighted by molar-refractivity contribution is 0.396. The summed E-state index contributed by atoms with van der Waals surface area (Å²) in [4.78, 5) is 0. The Morgan fingerprint density at radius 2 is 2.60 bits per heavy atom. The first-order valence-electron chi connectivity index (χ1n) is 3.00. The van der Waals surface area contributed by atoms with E-state index in [0.29, 0.717) is 0 Å². The number of nitrogens with one attached hydrogen (secondary N) is 1. The normalized spacial score (nSPS) is 9.80. The van der Waals surface area contributed by atoms with E-state index in [9.17, 15) is 0 Å². The molecule has 1 N–H and O–H groups in total. The van der Waals surface area contributed by atoms with E-state index in [1.165, 1.54) is 11.5 Å². The summed E-state index contributed by atoms with van der Waals surface area (Å²) in [5, 5.41) is 5.01. The Bertz CT molecular complexity index is 199. The van der Waals surface area contributed by atoms with Gasteiger partial charge in [-0.2, -0.15) is 4.37 Å². The van der Waals surface area contributed by atoms with E-state index >= 15 is 0 Å². The van der Waals surface area contributed by atoms with Crippen molar-refractivity contribution in [2.24, 2.45) is 0 Å². The van der Waals surface area contributed by atoms with Crippen LogP contribution in [-0.2, 0) is 6.54 Å². The Morgan fingerprint density at radius 1 is 1.80 bits per heavy atom. The SMILES string of the molecule is CNCc1csnc1OC. The fraction of sp³-hybridized carbons (Fsp3) is 0.500. The molecule has 0 aromatic carbocycles. The molecule has 0 amide bonds. The van der Waals surface area contributed by atoms with Crippen LogP contribution in [0.5, 0.6) is 5.88 Å². The molecule has 0 saturated carbocycles. The topological polar surface area (TPSA) is 34.2 Å². The van der Waals surface area contributed by atoms with Crippen molar-refractivity contribution in [2.75, 3.05) is 14.2 Å². The standard InChI is InChI=1S/C6H10N2OS/c1-7-3-5-4-10-8-6(5)9-2/h4,7H,3H2,1-2H3. The predicted octanol–water partition coefficient (Wildman–Crippen LogP) is 0.871. The van der Waals surface area contributed by atoms with Gasteiger partial charge in [0.15, 0.2) is 0 Å². The van der Waals surface area contributed by atoms with Crippen molar-refractivity contribution in [3.05, 3.63) is 10.9 Å². The van der Waals surface area contributed by atoms with Gasteiger partial charge in [-0.1, -0.05) is 0 Å². The van der Waals surface area contributed by atoms with E-state index in [1.54, 1.807) is 7.11 Å². The minimum Gasteiger partial charge on any atom is -0.480 e. The van der Waals surface area contributed by atoms with Crippen LogP contribution in [0.1, 0.15) is 5.56 Å². The first kappa shape index (κ1) is 7.50. The van der Waals surface area contributed by atoms with Crippen LogP contribution >= 0.6 is 11.5 Å². The van der Waals surface area contributed by atoms with Gasteiger partial charge in [-0.05, 0) is 18.6 Å². The molecule has 0 aliphatic heterocycles. The van der Waals surface area contributed by atoms with E-state index < -0.39 is 0 Å². The van der Waals surface area contributed by atoms with Gasteiger partial charge in [0.05, 0.1) is 7.11 Å². The number of aromatic nitrogens is 1. The molecule has 4 heteroatoms. The fourth-order valence-electron chi connectivity index (χ4n) is 0.723. The van der Waals surface area contributed by atoms with Gasteiger partial charge in [0.25, 0.3) is 0 Å². The Morgan fingerprint density at radius 3 is 3.20 bits per heavy atom. The highest BCUT2D eigenvalue weighted by atomic mass is 32.1. The Balaban J connectivity index is 2.70. The van der Waals surface area contributed by atoms with Gasteiger partial charge in [-0.15, -0.1) is 0 Å². The van der Waals surface area contributed by atoms with Gasteiger partial charge in [0.2, 0.25) is 5.88 Å². The third-order valence-corrected chi connectivity index (χ3v) is 1.83. The number of ether oxygens (including phenoxy) is 1. The van der Waals surface area contributed by atoms with Crippen molar-refractivity contribution >= 4 is 11.5 Å². The third kappa shape index (κ3) is 1.46. The zero-order valence-corrected chi connectivity index (χ0v) is 6.86. The summed E-state index contributed by atoms with van der Waals surface area (Å²) >= 11 is 1.42. The largest absolute Gasteiger partial charge is 0.480 e. The smallest absolute Gasteiger partial charge is 0.229 e. The van der Waals surface area contributed by atoms with E-state index in [2.05, 4.69) is 9.69 Å². The average molecular weight is 158 g/mol.